The Morgan fingerprint density at radius 3 is 2.10 bits per heavy atom. The molecular formula is C4H9NO4S. The minimum atomic E-state index is -3.40. The molecule has 0 radical (unpaired) electrons. The predicted molar refractivity (Wildman–Crippen MR) is 35.1 cm³/mol. The summed E-state index contributed by atoms with van der Waals surface area (Å²) in [6.45, 7) is 1.25. The van der Waals surface area contributed by atoms with Crippen LogP contribution in [0.5, 0.6) is 0 Å². The summed E-state index contributed by atoms with van der Waals surface area (Å²) < 4.78 is 22.6. The first-order chi connectivity index (χ1) is 4.33. The first kappa shape index (κ1) is 9.38. The number of carboxylic acids is 1. The standard InChI is InChI=1S/C4H9NO4S/c1-3(4(6)7)5-10(2,8)9/h3,5H,1-2H3,(H,6,7). The van der Waals surface area contributed by atoms with Gasteiger partial charge in [-0.05, 0) is 6.92 Å². The number of rotatable bonds is 3. The molecule has 0 heterocycles. The molecule has 0 spiro atoms. The number of hydrogen-bond donors (Lipinski definition) is 2. The van der Waals surface area contributed by atoms with Crippen LogP contribution in [0.4, 0.5) is 0 Å². The average molecular weight is 167 g/mol. The van der Waals surface area contributed by atoms with E-state index in [4.69, 9.17) is 5.11 Å². The van der Waals surface area contributed by atoms with Crippen molar-refractivity contribution in [1.82, 2.24) is 4.72 Å². The molecule has 0 rings (SSSR count). The molecule has 5 nitrogen and oxygen atoms in total. The summed E-state index contributed by atoms with van der Waals surface area (Å²) in [6, 6.07) is -1.06. The quantitative estimate of drug-likeness (QED) is 0.565. The van der Waals surface area contributed by atoms with Crippen molar-refractivity contribution in [1.29, 1.82) is 0 Å². The van der Waals surface area contributed by atoms with Crippen molar-refractivity contribution in [2.45, 2.75) is 13.0 Å². The molecule has 0 aliphatic carbocycles. The molecule has 0 aliphatic rings. The molecule has 0 aromatic heterocycles. The van der Waals surface area contributed by atoms with Crippen molar-refractivity contribution >= 4 is 16.0 Å². The zero-order valence-corrected chi connectivity index (χ0v) is 6.47. The number of aliphatic carboxylic acids is 1. The van der Waals surface area contributed by atoms with E-state index in [0.717, 1.165) is 6.26 Å². The number of carbonyl (C=O) groups is 1. The maximum atomic E-state index is 10.4. The Balaban J connectivity index is 4.06. The molecule has 1 unspecified atom stereocenters. The largest absolute Gasteiger partial charge is 0.480 e. The highest BCUT2D eigenvalue weighted by atomic mass is 32.2. The maximum Gasteiger partial charge on any atom is 0.321 e. The summed E-state index contributed by atoms with van der Waals surface area (Å²) in [5, 5.41) is 8.22. The van der Waals surface area contributed by atoms with Gasteiger partial charge in [-0.2, -0.15) is 0 Å². The number of sulfonamides is 1. The second kappa shape index (κ2) is 2.98. The Morgan fingerprint density at radius 2 is 2.00 bits per heavy atom. The molecule has 0 saturated carbocycles. The smallest absolute Gasteiger partial charge is 0.321 e. The van der Waals surface area contributed by atoms with E-state index in [1.54, 1.807) is 0 Å². The third-order valence-electron chi connectivity index (χ3n) is 0.761. The Labute approximate surface area is 59.1 Å². The van der Waals surface area contributed by atoms with Gasteiger partial charge in [0.25, 0.3) is 0 Å². The molecule has 1 atom stereocenters. The van der Waals surface area contributed by atoms with Gasteiger partial charge in [0, 0.05) is 0 Å². The van der Waals surface area contributed by atoms with Gasteiger partial charge in [0.15, 0.2) is 0 Å². The Bertz CT molecular complexity index is 219. The van der Waals surface area contributed by atoms with Gasteiger partial charge in [0.1, 0.15) is 6.04 Å². The molecule has 60 valence electrons. The summed E-state index contributed by atoms with van der Waals surface area (Å²) in [5.74, 6) is -1.19. The van der Waals surface area contributed by atoms with Gasteiger partial charge in [-0.3, -0.25) is 4.79 Å². The van der Waals surface area contributed by atoms with Crippen LogP contribution in [0.2, 0.25) is 0 Å². The highest BCUT2D eigenvalue weighted by Crippen LogP contribution is 1.83. The van der Waals surface area contributed by atoms with Crippen LogP contribution in [0.1, 0.15) is 6.92 Å². The van der Waals surface area contributed by atoms with E-state index >= 15 is 0 Å². The van der Waals surface area contributed by atoms with E-state index in [1.165, 1.54) is 6.92 Å². The summed E-state index contributed by atoms with van der Waals surface area (Å²) in [5.41, 5.74) is 0. The van der Waals surface area contributed by atoms with Crippen molar-refractivity contribution < 1.29 is 18.3 Å². The van der Waals surface area contributed by atoms with Gasteiger partial charge < -0.3 is 5.11 Å². The summed E-state index contributed by atoms with van der Waals surface area (Å²) >= 11 is 0. The molecule has 0 amide bonds. The number of carboxylic acid groups (broad SMARTS) is 1. The Kier molecular flexibility index (Phi) is 2.79. The Morgan fingerprint density at radius 1 is 1.60 bits per heavy atom. The fourth-order valence-corrected chi connectivity index (χ4v) is 1.11. The minimum absolute atomic E-state index is 0.909. The molecule has 0 aromatic carbocycles. The van der Waals surface area contributed by atoms with Gasteiger partial charge >= 0.3 is 5.97 Å². The summed E-state index contributed by atoms with van der Waals surface area (Å²) in [6.07, 6.45) is 0.909. The summed E-state index contributed by atoms with van der Waals surface area (Å²) in [7, 11) is -3.40. The van der Waals surface area contributed by atoms with E-state index in [0.29, 0.717) is 0 Å². The van der Waals surface area contributed by atoms with Crippen LogP contribution in [-0.4, -0.2) is 31.8 Å². The van der Waals surface area contributed by atoms with E-state index in [9.17, 15) is 13.2 Å². The second-order valence-corrected chi connectivity index (χ2v) is 3.73. The van der Waals surface area contributed by atoms with Gasteiger partial charge in [-0.25, -0.2) is 13.1 Å². The first-order valence-corrected chi connectivity index (χ1v) is 4.42. The van der Waals surface area contributed by atoms with Crippen molar-refractivity contribution in [2.75, 3.05) is 6.26 Å². The van der Waals surface area contributed by atoms with Crippen LogP contribution in [-0.2, 0) is 14.8 Å². The normalized spacial score (nSPS) is 14.6. The third-order valence-corrected chi connectivity index (χ3v) is 1.54. The fourth-order valence-electron chi connectivity index (χ4n) is 0.372. The fraction of sp³-hybridized carbons (Fsp3) is 0.750. The maximum absolute atomic E-state index is 10.4. The van der Waals surface area contributed by atoms with Crippen molar-refractivity contribution in [3.05, 3.63) is 0 Å². The molecule has 0 fully saturated rings. The Hall–Kier alpha value is -0.620. The van der Waals surface area contributed by atoms with E-state index in [-0.39, 0.29) is 0 Å². The molecule has 0 aromatic rings. The second-order valence-electron chi connectivity index (χ2n) is 1.95. The average Bonchev–Trinajstić information content (AvgIpc) is 1.60. The predicted octanol–water partition coefficient (Wildman–Crippen LogP) is -0.991. The van der Waals surface area contributed by atoms with Crippen LogP contribution in [0.15, 0.2) is 0 Å². The van der Waals surface area contributed by atoms with Crippen LogP contribution < -0.4 is 4.72 Å². The molecule has 2 N–H and O–H groups in total. The highest BCUT2D eigenvalue weighted by Gasteiger charge is 2.14. The van der Waals surface area contributed by atoms with Crippen LogP contribution in [0, 0.1) is 0 Å². The summed E-state index contributed by atoms with van der Waals surface area (Å²) in [4.78, 5) is 10.1. The van der Waals surface area contributed by atoms with Gasteiger partial charge in [-0.15, -0.1) is 0 Å². The molecule has 0 aliphatic heterocycles. The zero-order valence-electron chi connectivity index (χ0n) is 5.66. The van der Waals surface area contributed by atoms with Gasteiger partial charge in [0.2, 0.25) is 10.0 Å². The van der Waals surface area contributed by atoms with E-state index in [1.807, 2.05) is 4.72 Å². The lowest BCUT2D eigenvalue weighted by Crippen LogP contribution is -2.37. The SMILES string of the molecule is CC(NS(C)(=O)=O)C(=O)O. The number of nitrogens with one attached hydrogen (secondary N) is 1. The topological polar surface area (TPSA) is 83.5 Å². The van der Waals surface area contributed by atoms with Gasteiger partial charge in [0.05, 0.1) is 6.26 Å². The molecule has 10 heavy (non-hydrogen) atoms. The molecule has 0 bridgehead atoms. The molecular weight excluding hydrogens is 158 g/mol. The number of hydrogen-bond acceptors (Lipinski definition) is 3. The van der Waals surface area contributed by atoms with Crippen molar-refractivity contribution in [3.63, 3.8) is 0 Å². The lowest BCUT2D eigenvalue weighted by molar-refractivity contribution is -0.138. The highest BCUT2D eigenvalue weighted by molar-refractivity contribution is 7.88. The van der Waals surface area contributed by atoms with Crippen LogP contribution in [0.3, 0.4) is 0 Å². The molecule has 0 saturated heterocycles. The first-order valence-electron chi connectivity index (χ1n) is 2.53. The molecule has 6 heteroatoms. The monoisotopic (exact) mass is 167 g/mol. The van der Waals surface area contributed by atoms with E-state index < -0.39 is 22.0 Å². The van der Waals surface area contributed by atoms with Crippen LogP contribution >= 0.6 is 0 Å². The van der Waals surface area contributed by atoms with Crippen molar-refractivity contribution in [3.8, 4) is 0 Å². The van der Waals surface area contributed by atoms with Crippen LogP contribution in [0.25, 0.3) is 0 Å². The van der Waals surface area contributed by atoms with Crippen molar-refractivity contribution in [2.24, 2.45) is 0 Å². The van der Waals surface area contributed by atoms with E-state index in [2.05, 4.69) is 0 Å². The minimum Gasteiger partial charge on any atom is -0.480 e. The third kappa shape index (κ3) is 4.28. The van der Waals surface area contributed by atoms with Gasteiger partial charge in [-0.1, -0.05) is 0 Å². The lowest BCUT2D eigenvalue weighted by Gasteiger charge is -2.04. The zero-order chi connectivity index (χ0) is 8.36. The lowest BCUT2D eigenvalue weighted by atomic mass is 10.4.